The molecule has 3 aromatic rings. The Morgan fingerprint density at radius 1 is 1.24 bits per heavy atom. The molecular weight excluding hydrogens is 502 g/mol. The lowest BCUT2D eigenvalue weighted by Crippen LogP contribution is -2.27. The average Bonchev–Trinajstić information content (AvgIpc) is 2.87. The summed E-state index contributed by atoms with van der Waals surface area (Å²) in [6.45, 7) is 6.81. The molecule has 0 saturated carbocycles. The Morgan fingerprint density at radius 2 is 1.93 bits per heavy atom. The van der Waals surface area contributed by atoms with Gasteiger partial charge in [0.2, 0.25) is 0 Å². The van der Waals surface area contributed by atoms with Crippen LogP contribution in [0.25, 0.3) is 16.8 Å². The third-order valence-corrected chi connectivity index (χ3v) is 4.97. The maximum atomic E-state index is 13.6. The summed E-state index contributed by atoms with van der Waals surface area (Å²) in [5, 5.41) is 6.75. The number of anilines is 1. The summed E-state index contributed by atoms with van der Waals surface area (Å²) in [5.74, 6) is 0.0223. The van der Waals surface area contributed by atoms with Crippen molar-refractivity contribution in [2.24, 2.45) is 0 Å². The molecule has 0 saturated heterocycles. The Kier molecular flexibility index (Phi) is 5.45. The van der Waals surface area contributed by atoms with Crippen LogP contribution in [0.2, 0.25) is 0 Å². The highest BCUT2D eigenvalue weighted by atomic mass is 127. The van der Waals surface area contributed by atoms with Crippen molar-refractivity contribution in [1.29, 1.82) is 0 Å². The Bertz CT molecular complexity index is 1090. The van der Waals surface area contributed by atoms with Crippen LogP contribution in [0, 0.1) is 10.6 Å². The van der Waals surface area contributed by atoms with Crippen LogP contribution >= 0.6 is 22.6 Å². The van der Waals surface area contributed by atoms with Crippen molar-refractivity contribution in [2.45, 2.75) is 39.5 Å². The largest absolute Gasteiger partial charge is 0.444 e. The lowest BCUT2D eigenvalue weighted by molar-refractivity contribution is -0.137. The first-order chi connectivity index (χ1) is 13.4. The smallest absolute Gasteiger partial charge is 0.417 e. The number of amides is 1. The van der Waals surface area contributed by atoms with E-state index in [-0.39, 0.29) is 22.6 Å². The second kappa shape index (κ2) is 7.43. The van der Waals surface area contributed by atoms with Gasteiger partial charge in [0.15, 0.2) is 11.5 Å². The van der Waals surface area contributed by atoms with Crippen molar-refractivity contribution < 1.29 is 22.7 Å². The molecule has 0 bridgehead atoms. The van der Waals surface area contributed by atoms with Crippen LogP contribution in [-0.4, -0.2) is 31.3 Å². The zero-order valence-corrected chi connectivity index (χ0v) is 18.1. The van der Waals surface area contributed by atoms with Crippen LogP contribution in [0.4, 0.5) is 23.8 Å². The van der Waals surface area contributed by atoms with Crippen LogP contribution in [0.5, 0.6) is 0 Å². The lowest BCUT2D eigenvalue weighted by atomic mass is 10.0. The molecule has 0 fully saturated rings. The number of aryl methyl sites for hydroxylation is 1. The summed E-state index contributed by atoms with van der Waals surface area (Å²) in [6, 6.07) is 2.22. The van der Waals surface area contributed by atoms with Gasteiger partial charge in [0.1, 0.15) is 9.30 Å². The molecular formula is C18H17F3IN5O2. The highest BCUT2D eigenvalue weighted by Gasteiger charge is 2.34. The van der Waals surface area contributed by atoms with Gasteiger partial charge in [-0.1, -0.05) is 0 Å². The second-order valence-electron chi connectivity index (χ2n) is 7.21. The first-order valence-electron chi connectivity index (χ1n) is 8.44. The van der Waals surface area contributed by atoms with E-state index in [4.69, 9.17) is 4.74 Å². The number of hydrogen-bond donors (Lipinski definition) is 1. The Morgan fingerprint density at radius 3 is 2.55 bits per heavy atom. The molecule has 0 atom stereocenters. The number of pyridine rings is 1. The summed E-state index contributed by atoms with van der Waals surface area (Å²) in [7, 11) is 0. The molecule has 154 valence electrons. The maximum absolute atomic E-state index is 13.6. The minimum Gasteiger partial charge on any atom is -0.444 e. The Balaban J connectivity index is 2.20. The molecule has 11 heteroatoms. The van der Waals surface area contributed by atoms with Gasteiger partial charge < -0.3 is 4.74 Å². The number of nitrogens with zero attached hydrogens (tertiary/aromatic N) is 4. The van der Waals surface area contributed by atoms with E-state index < -0.39 is 23.4 Å². The number of carbonyl (C=O) groups is 1. The van der Waals surface area contributed by atoms with Crippen molar-refractivity contribution in [3.63, 3.8) is 0 Å². The van der Waals surface area contributed by atoms with Gasteiger partial charge in [0.05, 0.1) is 11.3 Å². The van der Waals surface area contributed by atoms with E-state index >= 15 is 0 Å². The van der Waals surface area contributed by atoms with Crippen molar-refractivity contribution >= 4 is 40.1 Å². The van der Waals surface area contributed by atoms with E-state index in [1.807, 2.05) is 22.6 Å². The van der Waals surface area contributed by atoms with Gasteiger partial charge in [-0.25, -0.2) is 14.3 Å². The van der Waals surface area contributed by atoms with E-state index in [1.165, 1.54) is 10.6 Å². The number of rotatable bonds is 2. The summed E-state index contributed by atoms with van der Waals surface area (Å²) >= 11 is 1.99. The number of halogens is 4. The third-order valence-electron chi connectivity index (χ3n) is 3.73. The fourth-order valence-electron chi connectivity index (χ4n) is 2.63. The van der Waals surface area contributed by atoms with E-state index in [0.717, 1.165) is 18.5 Å². The van der Waals surface area contributed by atoms with E-state index in [1.54, 1.807) is 27.7 Å². The van der Waals surface area contributed by atoms with Gasteiger partial charge in [-0.3, -0.25) is 10.3 Å². The predicted molar refractivity (Wildman–Crippen MR) is 109 cm³/mol. The third kappa shape index (κ3) is 4.60. The minimum absolute atomic E-state index is 0.0223. The summed E-state index contributed by atoms with van der Waals surface area (Å²) in [5.41, 5.74) is -0.825. The number of carbonyl (C=O) groups excluding carboxylic acids is 1. The molecule has 3 aromatic heterocycles. The molecule has 0 aliphatic rings. The maximum Gasteiger partial charge on any atom is 0.417 e. The molecule has 1 N–H and O–H groups in total. The van der Waals surface area contributed by atoms with Gasteiger partial charge >= 0.3 is 12.3 Å². The van der Waals surface area contributed by atoms with Crippen LogP contribution in [-0.2, 0) is 10.9 Å². The molecule has 3 rings (SSSR count). The van der Waals surface area contributed by atoms with Crippen molar-refractivity contribution in [3.8, 4) is 11.1 Å². The summed E-state index contributed by atoms with van der Waals surface area (Å²) < 4.78 is 47.8. The molecule has 0 radical (unpaired) electrons. The first kappa shape index (κ1) is 21.3. The number of hydrogen-bond acceptors (Lipinski definition) is 5. The zero-order valence-electron chi connectivity index (χ0n) is 15.9. The normalized spacial score (nSPS) is 12.3. The van der Waals surface area contributed by atoms with Crippen LogP contribution < -0.4 is 5.32 Å². The van der Waals surface area contributed by atoms with Gasteiger partial charge in [0, 0.05) is 23.5 Å². The minimum atomic E-state index is -4.59. The number of ether oxygens (including phenoxy) is 1. The quantitative estimate of drug-likeness (QED) is 0.479. The number of nitrogens with one attached hydrogen (secondary N) is 1. The molecule has 3 heterocycles. The van der Waals surface area contributed by atoms with Gasteiger partial charge in [-0.2, -0.15) is 13.2 Å². The fraction of sp³-hybridized carbons (Fsp3) is 0.333. The monoisotopic (exact) mass is 519 g/mol. The molecule has 7 nitrogen and oxygen atoms in total. The molecule has 0 aliphatic carbocycles. The SMILES string of the molecule is Cc1nc2c(-c3cnccc3C(F)(F)F)cc(NC(=O)OC(C)(C)C)nn2c1I. The Hall–Kier alpha value is -2.44. The molecule has 0 aromatic carbocycles. The summed E-state index contributed by atoms with van der Waals surface area (Å²) in [6.07, 6.45) is -3.17. The number of aromatic nitrogens is 4. The van der Waals surface area contributed by atoms with E-state index in [9.17, 15) is 18.0 Å². The molecule has 0 spiro atoms. The lowest BCUT2D eigenvalue weighted by Gasteiger charge is -2.19. The van der Waals surface area contributed by atoms with Crippen LogP contribution in [0.1, 0.15) is 32.0 Å². The number of alkyl halides is 3. The summed E-state index contributed by atoms with van der Waals surface area (Å²) in [4.78, 5) is 20.3. The first-order valence-corrected chi connectivity index (χ1v) is 9.52. The predicted octanol–water partition coefficient (Wildman–Crippen LogP) is 5.07. The van der Waals surface area contributed by atoms with Crippen LogP contribution in [0.15, 0.2) is 24.5 Å². The highest BCUT2D eigenvalue weighted by molar-refractivity contribution is 14.1. The molecule has 1 amide bonds. The molecule has 29 heavy (non-hydrogen) atoms. The Labute approximate surface area is 177 Å². The van der Waals surface area contributed by atoms with Crippen LogP contribution in [0.3, 0.4) is 0 Å². The standard InChI is InChI=1S/C18H17F3IN5O2/c1-9-14(22)27-15(24-9)10(11-8-23-6-5-12(11)18(19,20)21)7-13(26-27)25-16(28)29-17(2,3)4/h5-8H,1-4H3,(H,25,26,28). The zero-order chi connectivity index (χ0) is 21.6. The highest BCUT2D eigenvalue weighted by Crippen LogP contribution is 2.38. The van der Waals surface area contributed by atoms with Crippen molar-refractivity contribution in [1.82, 2.24) is 19.6 Å². The molecule has 0 aliphatic heterocycles. The number of fused-ring (bicyclic) bond motifs is 1. The van der Waals surface area contributed by atoms with E-state index in [2.05, 4.69) is 20.4 Å². The molecule has 0 unspecified atom stereocenters. The fourth-order valence-corrected chi connectivity index (χ4v) is 3.08. The average molecular weight is 519 g/mol. The topological polar surface area (TPSA) is 81.4 Å². The van der Waals surface area contributed by atoms with Gasteiger partial charge in [-0.05, 0) is 62.4 Å². The number of imidazole rings is 1. The van der Waals surface area contributed by atoms with Gasteiger partial charge in [-0.15, -0.1) is 5.10 Å². The van der Waals surface area contributed by atoms with E-state index in [0.29, 0.717) is 9.39 Å². The second-order valence-corrected chi connectivity index (χ2v) is 8.23. The van der Waals surface area contributed by atoms with Gasteiger partial charge in [0.25, 0.3) is 0 Å². The van der Waals surface area contributed by atoms with Crippen molar-refractivity contribution in [3.05, 3.63) is 39.5 Å². The van der Waals surface area contributed by atoms with Crippen molar-refractivity contribution in [2.75, 3.05) is 5.32 Å².